The van der Waals surface area contributed by atoms with Gasteiger partial charge in [-0.15, -0.1) is 0 Å². The van der Waals surface area contributed by atoms with E-state index in [1.165, 1.54) is 6.07 Å². The van der Waals surface area contributed by atoms with Crippen molar-refractivity contribution in [2.45, 2.75) is 13.0 Å². The molecule has 106 valence electrons. The smallest absolute Gasteiger partial charge is 0.126 e. The Morgan fingerprint density at radius 2 is 1.80 bits per heavy atom. The fourth-order valence-corrected chi connectivity index (χ4v) is 2.12. The van der Waals surface area contributed by atoms with Crippen LogP contribution in [0, 0.1) is 12.7 Å². The third-order valence-corrected chi connectivity index (χ3v) is 3.31. The average Bonchev–Trinajstić information content (AvgIpc) is 2.48. The van der Waals surface area contributed by atoms with Gasteiger partial charge in [-0.3, -0.25) is 0 Å². The Morgan fingerprint density at radius 1 is 1.05 bits per heavy atom. The molecule has 0 fully saturated rings. The van der Waals surface area contributed by atoms with Gasteiger partial charge in [-0.2, -0.15) is 0 Å². The van der Waals surface area contributed by atoms with Gasteiger partial charge in [0.15, 0.2) is 0 Å². The number of rotatable bonds is 4. The van der Waals surface area contributed by atoms with Crippen molar-refractivity contribution in [1.29, 1.82) is 0 Å². The second kappa shape index (κ2) is 5.92. The topological polar surface area (TPSA) is 44.5 Å². The lowest BCUT2D eigenvalue weighted by Gasteiger charge is -2.17. The minimum absolute atomic E-state index is 0.237. The molecular formula is C16H18FNO2. The Bertz CT molecular complexity index is 613. The molecular weight excluding hydrogens is 257 g/mol. The third-order valence-electron chi connectivity index (χ3n) is 3.31. The molecule has 1 atom stereocenters. The van der Waals surface area contributed by atoms with Gasteiger partial charge in [-0.1, -0.05) is 12.1 Å². The summed E-state index contributed by atoms with van der Waals surface area (Å²) in [6.45, 7) is 1.72. The standard InChI is InChI=1S/C16H18FNO2/c1-10-8-11(4-6-14(10)17)16(18)13-9-12(19-2)5-7-15(13)20-3/h4-9,16H,18H2,1-3H3. The van der Waals surface area contributed by atoms with Gasteiger partial charge in [0, 0.05) is 5.56 Å². The normalized spacial score (nSPS) is 12.1. The summed E-state index contributed by atoms with van der Waals surface area (Å²) in [4.78, 5) is 0. The zero-order valence-corrected chi connectivity index (χ0v) is 11.8. The van der Waals surface area contributed by atoms with E-state index in [9.17, 15) is 4.39 Å². The van der Waals surface area contributed by atoms with E-state index in [-0.39, 0.29) is 5.82 Å². The first-order valence-corrected chi connectivity index (χ1v) is 6.30. The highest BCUT2D eigenvalue weighted by molar-refractivity contribution is 5.46. The van der Waals surface area contributed by atoms with Crippen molar-refractivity contribution in [3.05, 3.63) is 58.9 Å². The SMILES string of the molecule is COc1ccc(OC)c(C(N)c2ccc(F)c(C)c2)c1. The summed E-state index contributed by atoms with van der Waals surface area (Å²) in [5.74, 6) is 1.15. The highest BCUT2D eigenvalue weighted by Gasteiger charge is 2.16. The lowest BCUT2D eigenvalue weighted by molar-refractivity contribution is 0.397. The molecule has 0 amide bonds. The van der Waals surface area contributed by atoms with Gasteiger partial charge >= 0.3 is 0 Å². The van der Waals surface area contributed by atoms with Gasteiger partial charge in [0.2, 0.25) is 0 Å². The number of aryl methyl sites for hydroxylation is 1. The Kier molecular flexibility index (Phi) is 4.25. The van der Waals surface area contributed by atoms with Crippen molar-refractivity contribution in [3.8, 4) is 11.5 Å². The van der Waals surface area contributed by atoms with Crippen LogP contribution in [0.25, 0.3) is 0 Å². The molecule has 20 heavy (non-hydrogen) atoms. The van der Waals surface area contributed by atoms with E-state index in [2.05, 4.69) is 0 Å². The molecule has 0 spiro atoms. The van der Waals surface area contributed by atoms with Crippen LogP contribution in [0.2, 0.25) is 0 Å². The van der Waals surface area contributed by atoms with E-state index < -0.39 is 6.04 Å². The van der Waals surface area contributed by atoms with Crippen molar-refractivity contribution in [3.63, 3.8) is 0 Å². The van der Waals surface area contributed by atoms with Gasteiger partial charge < -0.3 is 15.2 Å². The fourth-order valence-electron chi connectivity index (χ4n) is 2.12. The molecule has 0 saturated carbocycles. The zero-order valence-electron chi connectivity index (χ0n) is 11.8. The molecule has 0 radical (unpaired) electrons. The number of nitrogens with two attached hydrogens (primary N) is 1. The predicted octanol–water partition coefficient (Wildman–Crippen LogP) is 3.20. The molecule has 0 aliphatic carbocycles. The van der Waals surface area contributed by atoms with Gasteiger partial charge in [0.05, 0.1) is 20.3 Å². The lowest BCUT2D eigenvalue weighted by atomic mass is 9.97. The highest BCUT2D eigenvalue weighted by atomic mass is 19.1. The summed E-state index contributed by atoms with van der Waals surface area (Å²) in [5.41, 5.74) is 8.48. The van der Waals surface area contributed by atoms with E-state index >= 15 is 0 Å². The average molecular weight is 275 g/mol. The van der Waals surface area contributed by atoms with Crippen molar-refractivity contribution in [2.75, 3.05) is 14.2 Å². The van der Waals surface area contributed by atoms with Gasteiger partial charge in [0.1, 0.15) is 17.3 Å². The van der Waals surface area contributed by atoms with Crippen LogP contribution >= 0.6 is 0 Å². The molecule has 2 N–H and O–H groups in total. The van der Waals surface area contributed by atoms with Crippen LogP contribution in [0.4, 0.5) is 4.39 Å². The Balaban J connectivity index is 2.45. The van der Waals surface area contributed by atoms with Crippen LogP contribution in [0.5, 0.6) is 11.5 Å². The first-order chi connectivity index (χ1) is 9.56. The number of halogens is 1. The lowest BCUT2D eigenvalue weighted by Crippen LogP contribution is -2.13. The maximum atomic E-state index is 13.3. The first-order valence-electron chi connectivity index (χ1n) is 6.30. The van der Waals surface area contributed by atoms with Crippen LogP contribution < -0.4 is 15.2 Å². The van der Waals surface area contributed by atoms with E-state index in [1.54, 1.807) is 33.3 Å². The fraction of sp³-hybridized carbons (Fsp3) is 0.250. The molecule has 0 aliphatic rings. The van der Waals surface area contributed by atoms with Crippen molar-refractivity contribution in [2.24, 2.45) is 5.73 Å². The monoisotopic (exact) mass is 275 g/mol. The molecule has 2 aromatic carbocycles. The van der Waals surface area contributed by atoms with E-state index in [4.69, 9.17) is 15.2 Å². The largest absolute Gasteiger partial charge is 0.497 e. The Morgan fingerprint density at radius 3 is 2.40 bits per heavy atom. The van der Waals surface area contributed by atoms with Crippen molar-refractivity contribution >= 4 is 0 Å². The quantitative estimate of drug-likeness (QED) is 0.932. The summed E-state index contributed by atoms with van der Waals surface area (Å²) < 4.78 is 23.9. The summed E-state index contributed by atoms with van der Waals surface area (Å²) in [7, 11) is 3.19. The molecule has 0 saturated heterocycles. The molecule has 2 rings (SSSR count). The second-order valence-corrected chi connectivity index (χ2v) is 4.59. The maximum Gasteiger partial charge on any atom is 0.126 e. The number of hydrogen-bond acceptors (Lipinski definition) is 3. The molecule has 4 heteroatoms. The number of benzene rings is 2. The predicted molar refractivity (Wildman–Crippen MR) is 76.7 cm³/mol. The minimum Gasteiger partial charge on any atom is -0.497 e. The van der Waals surface area contributed by atoms with Gasteiger partial charge in [-0.25, -0.2) is 4.39 Å². The molecule has 2 aromatic rings. The summed E-state index contributed by atoms with van der Waals surface area (Å²) in [5, 5.41) is 0. The van der Waals surface area contributed by atoms with Crippen LogP contribution in [0.3, 0.4) is 0 Å². The first kappa shape index (κ1) is 14.3. The molecule has 0 aromatic heterocycles. The van der Waals surface area contributed by atoms with Crippen LogP contribution in [-0.2, 0) is 0 Å². The number of ether oxygens (including phenoxy) is 2. The summed E-state index contributed by atoms with van der Waals surface area (Å²) >= 11 is 0. The molecule has 0 bridgehead atoms. The molecule has 1 unspecified atom stereocenters. The summed E-state index contributed by atoms with van der Waals surface area (Å²) in [6.07, 6.45) is 0. The van der Waals surface area contributed by atoms with Crippen LogP contribution in [0.1, 0.15) is 22.7 Å². The van der Waals surface area contributed by atoms with Gasteiger partial charge in [-0.05, 0) is 42.3 Å². The van der Waals surface area contributed by atoms with Crippen LogP contribution in [-0.4, -0.2) is 14.2 Å². The van der Waals surface area contributed by atoms with E-state index in [0.717, 1.165) is 11.1 Å². The van der Waals surface area contributed by atoms with Crippen molar-refractivity contribution < 1.29 is 13.9 Å². The third kappa shape index (κ3) is 2.75. The number of hydrogen-bond donors (Lipinski definition) is 1. The van der Waals surface area contributed by atoms with E-state index in [0.29, 0.717) is 17.1 Å². The van der Waals surface area contributed by atoms with Gasteiger partial charge in [0.25, 0.3) is 0 Å². The Labute approximate surface area is 118 Å². The maximum absolute atomic E-state index is 13.3. The highest BCUT2D eigenvalue weighted by Crippen LogP contribution is 2.32. The summed E-state index contributed by atoms with van der Waals surface area (Å²) in [6, 6.07) is 9.92. The molecule has 3 nitrogen and oxygen atoms in total. The molecule has 0 aliphatic heterocycles. The minimum atomic E-state index is -0.403. The zero-order chi connectivity index (χ0) is 14.7. The van der Waals surface area contributed by atoms with E-state index in [1.807, 2.05) is 18.2 Å². The molecule has 0 heterocycles. The van der Waals surface area contributed by atoms with Crippen molar-refractivity contribution in [1.82, 2.24) is 0 Å². The number of methoxy groups -OCH3 is 2. The second-order valence-electron chi connectivity index (χ2n) is 4.59. The Hall–Kier alpha value is -2.07. The van der Waals surface area contributed by atoms with Crippen LogP contribution in [0.15, 0.2) is 36.4 Å².